The molecule has 35 heavy (non-hydrogen) atoms. The van der Waals surface area contributed by atoms with Crippen LogP contribution in [0.15, 0.2) is 0 Å². The number of hydrogen-bond donors (Lipinski definition) is 0. The van der Waals surface area contributed by atoms with Gasteiger partial charge >= 0.3 is 0 Å². The van der Waals surface area contributed by atoms with Crippen molar-refractivity contribution in [2.75, 3.05) is 14.1 Å². The third-order valence-electron chi connectivity index (χ3n) is 8.88. The Morgan fingerprint density at radius 2 is 0.914 bits per heavy atom. The highest BCUT2D eigenvalue weighted by molar-refractivity contribution is 6.00. The molecule has 0 heterocycles. The molecule has 4 heteroatoms. The van der Waals surface area contributed by atoms with Crippen molar-refractivity contribution in [3.05, 3.63) is 0 Å². The second-order valence-electron chi connectivity index (χ2n) is 11.7. The maximum absolute atomic E-state index is 13.6. The molecular formula is C31H58N2O2. The van der Waals surface area contributed by atoms with Crippen LogP contribution in [0, 0.1) is 5.92 Å². The van der Waals surface area contributed by atoms with E-state index in [1.54, 1.807) is 0 Å². The average molecular weight is 491 g/mol. The molecule has 0 aromatic rings. The van der Waals surface area contributed by atoms with Gasteiger partial charge in [0.05, 0.1) is 0 Å². The minimum atomic E-state index is -0.475. The summed E-state index contributed by atoms with van der Waals surface area (Å²) < 4.78 is 0. The lowest BCUT2D eigenvalue weighted by molar-refractivity contribution is -0.149. The largest absolute Gasteiger partial charge is 0.342 e. The van der Waals surface area contributed by atoms with E-state index < -0.39 is 5.92 Å². The van der Waals surface area contributed by atoms with Gasteiger partial charge in [-0.25, -0.2) is 0 Å². The van der Waals surface area contributed by atoms with Crippen molar-refractivity contribution in [3.63, 3.8) is 0 Å². The quantitative estimate of drug-likeness (QED) is 0.152. The summed E-state index contributed by atoms with van der Waals surface area (Å²) in [4.78, 5) is 31.1. The number of unbranched alkanes of at least 4 members (excludes halogenated alkanes) is 11. The minimum Gasteiger partial charge on any atom is -0.342 e. The van der Waals surface area contributed by atoms with Crippen molar-refractivity contribution >= 4 is 11.8 Å². The van der Waals surface area contributed by atoms with Crippen molar-refractivity contribution in [2.45, 2.75) is 167 Å². The van der Waals surface area contributed by atoms with E-state index in [1.807, 2.05) is 23.9 Å². The topological polar surface area (TPSA) is 40.6 Å². The molecule has 2 aliphatic rings. The summed E-state index contributed by atoms with van der Waals surface area (Å²) in [5.74, 6) is -0.294. The van der Waals surface area contributed by atoms with Crippen LogP contribution in [0.2, 0.25) is 0 Å². The van der Waals surface area contributed by atoms with Crippen LogP contribution in [-0.2, 0) is 9.59 Å². The van der Waals surface area contributed by atoms with Gasteiger partial charge in [-0.15, -0.1) is 0 Å². The molecule has 0 aliphatic heterocycles. The van der Waals surface area contributed by atoms with E-state index in [2.05, 4.69) is 6.92 Å². The van der Waals surface area contributed by atoms with Gasteiger partial charge in [0.15, 0.2) is 0 Å². The van der Waals surface area contributed by atoms with Crippen LogP contribution in [0.1, 0.15) is 155 Å². The Morgan fingerprint density at radius 3 is 1.29 bits per heavy atom. The maximum atomic E-state index is 13.6. The fourth-order valence-electron chi connectivity index (χ4n) is 6.33. The zero-order valence-corrected chi connectivity index (χ0v) is 23.7. The van der Waals surface area contributed by atoms with E-state index in [-0.39, 0.29) is 11.8 Å². The van der Waals surface area contributed by atoms with E-state index in [0.29, 0.717) is 12.1 Å². The fourth-order valence-corrected chi connectivity index (χ4v) is 6.33. The normalized spacial score (nSPS) is 17.6. The first-order chi connectivity index (χ1) is 17.1. The number of nitrogens with zero attached hydrogens (tertiary/aromatic N) is 2. The van der Waals surface area contributed by atoms with Crippen molar-refractivity contribution in [3.8, 4) is 0 Å². The maximum Gasteiger partial charge on any atom is 0.235 e. The van der Waals surface area contributed by atoms with Crippen LogP contribution in [0.25, 0.3) is 0 Å². The summed E-state index contributed by atoms with van der Waals surface area (Å²) in [6.07, 6.45) is 28.2. The summed E-state index contributed by atoms with van der Waals surface area (Å²) in [6, 6.07) is 0.655. The molecule has 2 rings (SSSR count). The van der Waals surface area contributed by atoms with Gasteiger partial charge in [0, 0.05) is 26.2 Å². The molecule has 2 fully saturated rings. The second-order valence-corrected chi connectivity index (χ2v) is 11.7. The van der Waals surface area contributed by atoms with Crippen molar-refractivity contribution in [1.82, 2.24) is 9.80 Å². The van der Waals surface area contributed by atoms with E-state index in [4.69, 9.17) is 0 Å². The second kappa shape index (κ2) is 18.2. The highest BCUT2D eigenvalue weighted by Gasteiger charge is 2.36. The summed E-state index contributed by atoms with van der Waals surface area (Å²) >= 11 is 0. The molecule has 2 amide bonds. The molecule has 0 atom stereocenters. The lowest BCUT2D eigenvalue weighted by atomic mass is 9.90. The van der Waals surface area contributed by atoms with Gasteiger partial charge in [-0.2, -0.15) is 0 Å². The van der Waals surface area contributed by atoms with Gasteiger partial charge in [-0.3, -0.25) is 9.59 Å². The van der Waals surface area contributed by atoms with Crippen LogP contribution in [0.4, 0.5) is 0 Å². The lowest BCUT2D eigenvalue weighted by Crippen LogP contribution is -2.49. The highest BCUT2D eigenvalue weighted by Crippen LogP contribution is 2.27. The fraction of sp³-hybridized carbons (Fsp3) is 0.935. The smallest absolute Gasteiger partial charge is 0.235 e. The number of carbonyl (C=O) groups excluding carboxylic acids is 2. The number of hydrogen-bond acceptors (Lipinski definition) is 2. The Morgan fingerprint density at radius 1 is 0.571 bits per heavy atom. The monoisotopic (exact) mass is 490 g/mol. The summed E-state index contributed by atoms with van der Waals surface area (Å²) in [7, 11) is 3.92. The van der Waals surface area contributed by atoms with Gasteiger partial charge < -0.3 is 9.80 Å². The standard InChI is InChI=1S/C31H58N2O2/c1-4-5-6-7-8-9-10-11-12-13-14-21-26-29(30(34)32(2)27-22-17-15-18-23-27)31(35)33(3)28-24-19-16-20-25-28/h27-29H,4-26H2,1-3H3. The van der Waals surface area contributed by atoms with Crippen LogP contribution in [-0.4, -0.2) is 47.8 Å². The molecule has 0 spiro atoms. The van der Waals surface area contributed by atoms with Crippen LogP contribution in [0.5, 0.6) is 0 Å². The predicted octanol–water partition coefficient (Wildman–Crippen LogP) is 8.28. The van der Waals surface area contributed by atoms with Crippen molar-refractivity contribution < 1.29 is 9.59 Å². The molecule has 204 valence electrons. The summed E-state index contributed by atoms with van der Waals surface area (Å²) in [5, 5.41) is 0. The van der Waals surface area contributed by atoms with Gasteiger partial charge in [0.25, 0.3) is 0 Å². The zero-order valence-electron chi connectivity index (χ0n) is 23.7. The number of rotatable bonds is 17. The molecule has 2 aliphatic carbocycles. The Labute approximate surface area is 218 Å². The van der Waals surface area contributed by atoms with Crippen LogP contribution < -0.4 is 0 Å². The molecular weight excluding hydrogens is 432 g/mol. The minimum absolute atomic E-state index is 0.0904. The summed E-state index contributed by atoms with van der Waals surface area (Å²) in [5.41, 5.74) is 0. The highest BCUT2D eigenvalue weighted by atomic mass is 16.2. The zero-order chi connectivity index (χ0) is 25.3. The van der Waals surface area contributed by atoms with E-state index >= 15 is 0 Å². The Kier molecular flexibility index (Phi) is 15.7. The molecule has 0 unspecified atom stereocenters. The van der Waals surface area contributed by atoms with Crippen LogP contribution >= 0.6 is 0 Å². The SMILES string of the molecule is CCCCCCCCCCCCCCC(C(=O)N(C)C1CCCCC1)C(=O)N(C)C1CCCCC1. The third-order valence-corrected chi connectivity index (χ3v) is 8.88. The molecule has 0 aromatic heterocycles. The van der Waals surface area contributed by atoms with E-state index in [0.717, 1.165) is 44.9 Å². The Hall–Kier alpha value is -1.06. The number of carbonyl (C=O) groups is 2. The van der Waals surface area contributed by atoms with E-state index in [1.165, 1.54) is 103 Å². The van der Waals surface area contributed by atoms with Gasteiger partial charge in [-0.05, 0) is 32.1 Å². The lowest BCUT2D eigenvalue weighted by Gasteiger charge is -2.37. The molecule has 4 nitrogen and oxygen atoms in total. The first kappa shape index (κ1) is 30.2. The molecule has 0 N–H and O–H groups in total. The Balaban J connectivity index is 1.77. The van der Waals surface area contributed by atoms with E-state index in [9.17, 15) is 9.59 Å². The average Bonchev–Trinajstić information content (AvgIpc) is 2.91. The van der Waals surface area contributed by atoms with Crippen molar-refractivity contribution in [1.29, 1.82) is 0 Å². The molecule has 2 saturated carbocycles. The van der Waals surface area contributed by atoms with Crippen LogP contribution in [0.3, 0.4) is 0 Å². The first-order valence-corrected chi connectivity index (χ1v) is 15.6. The summed E-state index contributed by atoms with van der Waals surface area (Å²) in [6.45, 7) is 2.28. The van der Waals surface area contributed by atoms with Gasteiger partial charge in [-0.1, -0.05) is 122 Å². The molecule has 0 bridgehead atoms. The molecule has 0 aromatic carbocycles. The van der Waals surface area contributed by atoms with Crippen molar-refractivity contribution in [2.24, 2.45) is 5.92 Å². The molecule has 0 radical (unpaired) electrons. The Bertz CT molecular complexity index is 530. The third kappa shape index (κ3) is 11.3. The van der Waals surface area contributed by atoms with Gasteiger partial charge in [0.1, 0.15) is 5.92 Å². The first-order valence-electron chi connectivity index (χ1n) is 15.6. The predicted molar refractivity (Wildman–Crippen MR) is 148 cm³/mol. The number of amides is 2. The molecule has 0 saturated heterocycles. The van der Waals surface area contributed by atoms with Gasteiger partial charge in [0.2, 0.25) is 11.8 Å².